The van der Waals surface area contributed by atoms with Gasteiger partial charge in [0.2, 0.25) is 0 Å². The summed E-state index contributed by atoms with van der Waals surface area (Å²) in [5.41, 5.74) is 2.51. The molecule has 0 aliphatic carbocycles. The van der Waals surface area contributed by atoms with E-state index in [1.54, 1.807) is 35.7 Å². The van der Waals surface area contributed by atoms with E-state index in [9.17, 15) is 9.59 Å². The Bertz CT molecular complexity index is 757. The highest BCUT2D eigenvalue weighted by Crippen LogP contribution is 2.28. The first-order valence-electron chi connectivity index (χ1n) is 7.84. The molecule has 0 aromatic heterocycles. The molecule has 3 rings (SSSR count). The molecule has 0 radical (unpaired) electrons. The zero-order chi connectivity index (χ0) is 17.1. The maximum atomic E-state index is 12.6. The Morgan fingerprint density at radius 3 is 2.54 bits per heavy atom. The summed E-state index contributed by atoms with van der Waals surface area (Å²) in [6.07, 6.45) is 1.99. The van der Waals surface area contributed by atoms with Gasteiger partial charge in [-0.2, -0.15) is 0 Å². The summed E-state index contributed by atoms with van der Waals surface area (Å²) in [6, 6.07) is 15.0. The van der Waals surface area contributed by atoms with Crippen LogP contribution in [-0.2, 0) is 16.0 Å². The van der Waals surface area contributed by atoms with Crippen molar-refractivity contribution in [1.29, 1.82) is 0 Å². The van der Waals surface area contributed by atoms with Crippen LogP contribution in [0.25, 0.3) is 0 Å². The molecule has 1 heterocycles. The van der Waals surface area contributed by atoms with Crippen molar-refractivity contribution >= 4 is 29.3 Å². The molecule has 5 heteroatoms. The second-order valence-electron chi connectivity index (χ2n) is 5.64. The van der Waals surface area contributed by atoms with E-state index in [2.05, 4.69) is 0 Å². The lowest BCUT2D eigenvalue weighted by Gasteiger charge is -2.21. The van der Waals surface area contributed by atoms with E-state index in [1.165, 1.54) is 0 Å². The Labute approximate surface area is 145 Å². The van der Waals surface area contributed by atoms with Gasteiger partial charge in [0, 0.05) is 17.1 Å². The van der Waals surface area contributed by atoms with Crippen LogP contribution in [0.2, 0.25) is 0 Å². The number of esters is 1. The number of amides is 1. The third-order valence-corrected chi connectivity index (χ3v) is 4.85. The van der Waals surface area contributed by atoms with Crippen LogP contribution in [0.5, 0.6) is 0 Å². The number of fused-ring (bicyclic) bond motifs is 1. The number of hydrogen-bond acceptors (Lipinski definition) is 4. The van der Waals surface area contributed by atoms with E-state index in [4.69, 9.17) is 4.74 Å². The molecule has 0 spiro atoms. The second-order valence-corrected chi connectivity index (χ2v) is 6.52. The lowest BCUT2D eigenvalue weighted by Crippen LogP contribution is -2.39. The third-order valence-electron chi connectivity index (χ3n) is 4.11. The molecule has 1 atom stereocenters. The number of para-hydroxylation sites is 1. The lowest BCUT2D eigenvalue weighted by molar-refractivity contribution is -0.126. The van der Waals surface area contributed by atoms with Gasteiger partial charge in [0.25, 0.3) is 5.91 Å². The highest BCUT2D eigenvalue weighted by molar-refractivity contribution is 7.98. The average Bonchev–Trinajstić information content (AvgIpc) is 3.05. The fraction of sp³-hybridized carbons (Fsp3) is 0.263. The quantitative estimate of drug-likeness (QED) is 0.630. The Hall–Kier alpha value is -2.27. The number of ether oxygens (including phenoxy) is 1. The number of nitrogens with zero attached hydrogens (tertiary/aromatic N) is 1. The first kappa shape index (κ1) is 16.6. The molecule has 2 aromatic rings. The Balaban J connectivity index is 1.67. The molecule has 1 amide bonds. The van der Waals surface area contributed by atoms with Crippen LogP contribution >= 0.6 is 11.8 Å². The van der Waals surface area contributed by atoms with Crippen molar-refractivity contribution < 1.29 is 14.3 Å². The Morgan fingerprint density at radius 1 is 1.12 bits per heavy atom. The summed E-state index contributed by atoms with van der Waals surface area (Å²) in [4.78, 5) is 27.6. The van der Waals surface area contributed by atoms with Gasteiger partial charge in [-0.15, -0.1) is 11.8 Å². The minimum absolute atomic E-state index is 0.186. The predicted molar refractivity (Wildman–Crippen MR) is 95.6 cm³/mol. The molecule has 124 valence electrons. The Kier molecular flexibility index (Phi) is 4.90. The minimum atomic E-state index is -0.816. The smallest absolute Gasteiger partial charge is 0.338 e. The molecule has 4 nitrogen and oxygen atoms in total. The molecule has 24 heavy (non-hydrogen) atoms. The van der Waals surface area contributed by atoms with Crippen LogP contribution in [0.4, 0.5) is 5.69 Å². The minimum Gasteiger partial charge on any atom is -0.449 e. The topological polar surface area (TPSA) is 46.6 Å². The molecule has 1 aliphatic heterocycles. The number of anilines is 1. The van der Waals surface area contributed by atoms with Gasteiger partial charge >= 0.3 is 5.97 Å². The Morgan fingerprint density at radius 2 is 1.83 bits per heavy atom. The zero-order valence-electron chi connectivity index (χ0n) is 13.7. The summed E-state index contributed by atoms with van der Waals surface area (Å²) < 4.78 is 5.36. The van der Waals surface area contributed by atoms with Gasteiger partial charge in [0.15, 0.2) is 6.10 Å². The van der Waals surface area contributed by atoms with Crippen molar-refractivity contribution in [2.75, 3.05) is 17.7 Å². The van der Waals surface area contributed by atoms with Crippen molar-refractivity contribution in [3.63, 3.8) is 0 Å². The summed E-state index contributed by atoms with van der Waals surface area (Å²) in [7, 11) is 0. The molecule has 0 saturated heterocycles. The highest BCUT2D eigenvalue weighted by Gasteiger charge is 2.29. The molecule has 0 unspecified atom stereocenters. The van der Waals surface area contributed by atoms with Crippen LogP contribution in [0.3, 0.4) is 0 Å². The summed E-state index contributed by atoms with van der Waals surface area (Å²) >= 11 is 1.61. The molecule has 0 N–H and O–H groups in total. The van der Waals surface area contributed by atoms with Gasteiger partial charge in [0.05, 0.1) is 5.56 Å². The molecule has 0 saturated carbocycles. The molecule has 0 fully saturated rings. The summed E-state index contributed by atoms with van der Waals surface area (Å²) in [5.74, 6) is -0.662. The van der Waals surface area contributed by atoms with E-state index in [0.717, 1.165) is 22.6 Å². The molecule has 2 aromatic carbocycles. The van der Waals surface area contributed by atoms with E-state index in [-0.39, 0.29) is 5.91 Å². The fourth-order valence-corrected chi connectivity index (χ4v) is 3.20. The zero-order valence-corrected chi connectivity index (χ0v) is 14.5. The van der Waals surface area contributed by atoms with Gasteiger partial charge < -0.3 is 9.64 Å². The number of benzene rings is 2. The second kappa shape index (κ2) is 7.09. The van der Waals surface area contributed by atoms with E-state index in [0.29, 0.717) is 12.1 Å². The molecular formula is C19H19NO3S. The van der Waals surface area contributed by atoms with Crippen LogP contribution < -0.4 is 4.90 Å². The lowest BCUT2D eigenvalue weighted by atomic mass is 10.2. The number of carbonyl (C=O) groups is 2. The van der Waals surface area contributed by atoms with Gasteiger partial charge in [0.1, 0.15) is 0 Å². The maximum Gasteiger partial charge on any atom is 0.338 e. The van der Waals surface area contributed by atoms with Gasteiger partial charge in [-0.25, -0.2) is 4.79 Å². The number of thioether (sulfide) groups is 1. The third kappa shape index (κ3) is 3.31. The predicted octanol–water partition coefficient (Wildman–Crippen LogP) is 3.54. The average molecular weight is 341 g/mol. The monoisotopic (exact) mass is 341 g/mol. The SMILES string of the molecule is CSc1ccc(C(=O)O[C@@H](C)C(=O)N2CCc3ccccc32)cc1. The summed E-state index contributed by atoms with van der Waals surface area (Å²) in [6.45, 7) is 2.25. The summed E-state index contributed by atoms with van der Waals surface area (Å²) in [5, 5.41) is 0. The molecule has 0 bridgehead atoms. The van der Waals surface area contributed by atoms with Crippen molar-refractivity contribution in [2.45, 2.75) is 24.3 Å². The van der Waals surface area contributed by atoms with E-state index < -0.39 is 12.1 Å². The van der Waals surface area contributed by atoms with Crippen LogP contribution in [0, 0.1) is 0 Å². The molecule has 1 aliphatic rings. The van der Waals surface area contributed by atoms with Gasteiger partial charge in [-0.1, -0.05) is 18.2 Å². The van der Waals surface area contributed by atoms with Crippen molar-refractivity contribution in [1.82, 2.24) is 0 Å². The van der Waals surface area contributed by atoms with E-state index >= 15 is 0 Å². The normalized spacial score (nSPS) is 14.2. The first-order valence-corrected chi connectivity index (χ1v) is 9.07. The van der Waals surface area contributed by atoms with Crippen molar-refractivity contribution in [2.24, 2.45) is 0 Å². The fourth-order valence-electron chi connectivity index (χ4n) is 2.79. The van der Waals surface area contributed by atoms with E-state index in [1.807, 2.05) is 42.7 Å². The van der Waals surface area contributed by atoms with Crippen molar-refractivity contribution in [3.8, 4) is 0 Å². The van der Waals surface area contributed by atoms with Crippen LogP contribution in [-0.4, -0.2) is 30.8 Å². The van der Waals surface area contributed by atoms with Crippen LogP contribution in [0.1, 0.15) is 22.8 Å². The number of carbonyl (C=O) groups excluding carboxylic acids is 2. The largest absolute Gasteiger partial charge is 0.449 e. The standard InChI is InChI=1S/C19H19NO3S/c1-13(23-19(22)15-7-9-16(24-2)10-8-15)18(21)20-12-11-14-5-3-4-6-17(14)20/h3-10,13H,11-12H2,1-2H3/t13-/m0/s1. The van der Waals surface area contributed by atoms with Gasteiger partial charge in [-0.3, -0.25) is 4.79 Å². The van der Waals surface area contributed by atoms with Crippen LogP contribution in [0.15, 0.2) is 53.4 Å². The highest BCUT2D eigenvalue weighted by atomic mass is 32.2. The first-order chi connectivity index (χ1) is 11.6. The number of rotatable bonds is 4. The molecular weight excluding hydrogens is 322 g/mol. The van der Waals surface area contributed by atoms with Gasteiger partial charge in [-0.05, 0) is 55.5 Å². The maximum absolute atomic E-state index is 12.6. The van der Waals surface area contributed by atoms with Crippen molar-refractivity contribution in [3.05, 3.63) is 59.7 Å². The number of hydrogen-bond donors (Lipinski definition) is 0.